The van der Waals surface area contributed by atoms with E-state index in [1.165, 1.54) is 14.0 Å². The van der Waals surface area contributed by atoms with Crippen LogP contribution in [0, 0.1) is 0 Å². The number of esters is 2. The summed E-state index contributed by atoms with van der Waals surface area (Å²) in [6, 6.07) is 8.23. The third kappa shape index (κ3) is 5.07. The van der Waals surface area contributed by atoms with E-state index in [1.807, 2.05) is 0 Å². The SMILES string of the molecule is CCOC(=O)C(C)(NC(=O)c1ccccc1)C(=O)OCCOC. The van der Waals surface area contributed by atoms with Gasteiger partial charge in [-0.05, 0) is 26.0 Å². The molecule has 1 atom stereocenters. The molecule has 1 aromatic rings. The highest BCUT2D eigenvalue weighted by atomic mass is 16.6. The Morgan fingerprint density at radius 1 is 1.04 bits per heavy atom. The zero-order valence-corrected chi connectivity index (χ0v) is 13.5. The quantitative estimate of drug-likeness (QED) is 0.435. The Balaban J connectivity index is 2.93. The van der Waals surface area contributed by atoms with Gasteiger partial charge in [-0.15, -0.1) is 0 Å². The first-order chi connectivity index (χ1) is 11.0. The van der Waals surface area contributed by atoms with Gasteiger partial charge in [0.1, 0.15) is 6.61 Å². The molecule has 7 nitrogen and oxygen atoms in total. The zero-order valence-electron chi connectivity index (χ0n) is 13.5. The van der Waals surface area contributed by atoms with Crippen molar-refractivity contribution < 1.29 is 28.6 Å². The summed E-state index contributed by atoms with van der Waals surface area (Å²) in [7, 11) is 1.45. The highest BCUT2D eigenvalue weighted by Crippen LogP contribution is 2.12. The van der Waals surface area contributed by atoms with Gasteiger partial charge in [-0.25, -0.2) is 9.59 Å². The first-order valence-corrected chi connectivity index (χ1v) is 7.16. The third-order valence-corrected chi connectivity index (χ3v) is 3.01. The van der Waals surface area contributed by atoms with Crippen molar-refractivity contribution in [1.82, 2.24) is 5.32 Å². The van der Waals surface area contributed by atoms with Crippen LogP contribution in [0.2, 0.25) is 0 Å². The van der Waals surface area contributed by atoms with Gasteiger partial charge in [0, 0.05) is 12.7 Å². The maximum absolute atomic E-state index is 12.3. The van der Waals surface area contributed by atoms with E-state index in [-0.39, 0.29) is 19.8 Å². The second-order valence-electron chi connectivity index (χ2n) is 4.79. The molecule has 1 rings (SSSR count). The fraction of sp³-hybridized carbons (Fsp3) is 0.438. The van der Waals surface area contributed by atoms with Crippen molar-refractivity contribution in [1.29, 1.82) is 0 Å². The van der Waals surface area contributed by atoms with Crippen molar-refractivity contribution in [2.24, 2.45) is 0 Å². The van der Waals surface area contributed by atoms with Gasteiger partial charge in [0.2, 0.25) is 5.54 Å². The molecule has 0 bridgehead atoms. The molecule has 0 heterocycles. The molecule has 1 amide bonds. The number of rotatable bonds is 8. The molecule has 0 aromatic heterocycles. The lowest BCUT2D eigenvalue weighted by Gasteiger charge is -2.26. The smallest absolute Gasteiger partial charge is 0.343 e. The van der Waals surface area contributed by atoms with Crippen LogP contribution in [0.15, 0.2) is 30.3 Å². The summed E-state index contributed by atoms with van der Waals surface area (Å²) in [5.41, 5.74) is -1.62. The maximum Gasteiger partial charge on any atom is 0.343 e. The molecule has 1 unspecified atom stereocenters. The summed E-state index contributed by atoms with van der Waals surface area (Å²) >= 11 is 0. The van der Waals surface area contributed by atoms with Crippen LogP contribution in [0.4, 0.5) is 0 Å². The molecule has 1 N–H and O–H groups in total. The highest BCUT2D eigenvalue weighted by Gasteiger charge is 2.46. The lowest BCUT2D eigenvalue weighted by Crippen LogP contribution is -2.59. The molecule has 126 valence electrons. The largest absolute Gasteiger partial charge is 0.464 e. The van der Waals surface area contributed by atoms with E-state index in [0.717, 1.165) is 0 Å². The van der Waals surface area contributed by atoms with E-state index in [4.69, 9.17) is 14.2 Å². The number of ether oxygens (including phenoxy) is 3. The Morgan fingerprint density at radius 2 is 1.65 bits per heavy atom. The van der Waals surface area contributed by atoms with Gasteiger partial charge in [-0.1, -0.05) is 18.2 Å². The maximum atomic E-state index is 12.3. The monoisotopic (exact) mass is 323 g/mol. The predicted octanol–water partition coefficient (Wildman–Crippen LogP) is 0.928. The summed E-state index contributed by atoms with van der Waals surface area (Å²) in [4.78, 5) is 36.6. The molecule has 0 saturated heterocycles. The van der Waals surface area contributed by atoms with Crippen LogP contribution in [0.5, 0.6) is 0 Å². The zero-order chi connectivity index (χ0) is 17.3. The van der Waals surface area contributed by atoms with Gasteiger partial charge in [0.25, 0.3) is 5.91 Å². The van der Waals surface area contributed by atoms with Crippen LogP contribution >= 0.6 is 0 Å². The Bertz CT molecular complexity index is 545. The number of benzene rings is 1. The minimum Gasteiger partial charge on any atom is -0.464 e. The standard InChI is InChI=1S/C16H21NO6/c1-4-22-14(19)16(2,15(20)23-11-10-21-3)17-13(18)12-8-6-5-7-9-12/h5-9H,4,10-11H2,1-3H3,(H,17,18). The Labute approximate surface area is 134 Å². The van der Waals surface area contributed by atoms with E-state index in [9.17, 15) is 14.4 Å². The summed E-state index contributed by atoms with van der Waals surface area (Å²) < 4.78 is 14.6. The summed E-state index contributed by atoms with van der Waals surface area (Å²) in [5, 5.41) is 2.39. The number of hydrogen-bond donors (Lipinski definition) is 1. The fourth-order valence-corrected chi connectivity index (χ4v) is 1.71. The third-order valence-electron chi connectivity index (χ3n) is 3.01. The van der Waals surface area contributed by atoms with E-state index in [0.29, 0.717) is 5.56 Å². The molecule has 0 aliphatic carbocycles. The van der Waals surface area contributed by atoms with Gasteiger partial charge in [0.05, 0.1) is 13.2 Å². The van der Waals surface area contributed by atoms with E-state index in [2.05, 4.69) is 5.32 Å². The van der Waals surface area contributed by atoms with E-state index < -0.39 is 23.4 Å². The van der Waals surface area contributed by atoms with Crippen molar-refractivity contribution in [3.8, 4) is 0 Å². The second-order valence-corrected chi connectivity index (χ2v) is 4.79. The predicted molar refractivity (Wildman–Crippen MR) is 81.8 cm³/mol. The van der Waals surface area contributed by atoms with Gasteiger partial charge in [-0.3, -0.25) is 4.79 Å². The molecular formula is C16H21NO6. The fourth-order valence-electron chi connectivity index (χ4n) is 1.71. The molecule has 1 aromatic carbocycles. The van der Waals surface area contributed by atoms with Crippen molar-refractivity contribution in [2.75, 3.05) is 26.9 Å². The van der Waals surface area contributed by atoms with Crippen molar-refractivity contribution in [2.45, 2.75) is 19.4 Å². The van der Waals surface area contributed by atoms with E-state index in [1.54, 1.807) is 37.3 Å². The number of amides is 1. The topological polar surface area (TPSA) is 90.9 Å². The van der Waals surface area contributed by atoms with Crippen LogP contribution in [0.3, 0.4) is 0 Å². The van der Waals surface area contributed by atoms with Gasteiger partial charge in [-0.2, -0.15) is 0 Å². The summed E-state index contributed by atoms with van der Waals surface area (Å²) in [5.74, 6) is -2.37. The van der Waals surface area contributed by atoms with Gasteiger partial charge < -0.3 is 19.5 Å². The van der Waals surface area contributed by atoms with Gasteiger partial charge >= 0.3 is 11.9 Å². The average molecular weight is 323 g/mol. The average Bonchev–Trinajstić information content (AvgIpc) is 2.55. The highest BCUT2D eigenvalue weighted by molar-refractivity contribution is 6.09. The molecule has 0 aliphatic rings. The lowest BCUT2D eigenvalue weighted by atomic mass is 10.0. The van der Waals surface area contributed by atoms with Crippen LogP contribution in [-0.4, -0.2) is 50.3 Å². The number of hydrogen-bond acceptors (Lipinski definition) is 6. The molecule has 23 heavy (non-hydrogen) atoms. The molecule has 7 heteroatoms. The summed E-state index contributed by atoms with van der Waals surface area (Å²) in [6.45, 7) is 3.07. The number of carbonyl (C=O) groups excluding carboxylic acids is 3. The normalized spacial score (nSPS) is 12.8. The van der Waals surface area contributed by atoms with Crippen LogP contribution in [0.25, 0.3) is 0 Å². The molecule has 0 saturated carbocycles. The second kappa shape index (κ2) is 8.89. The first-order valence-electron chi connectivity index (χ1n) is 7.16. The van der Waals surface area contributed by atoms with Crippen LogP contribution in [-0.2, 0) is 23.8 Å². The van der Waals surface area contributed by atoms with Crippen LogP contribution < -0.4 is 5.32 Å². The van der Waals surface area contributed by atoms with E-state index >= 15 is 0 Å². The first kappa shape index (κ1) is 18.6. The Morgan fingerprint density at radius 3 is 2.22 bits per heavy atom. The molecule has 0 radical (unpaired) electrons. The van der Waals surface area contributed by atoms with Gasteiger partial charge in [0.15, 0.2) is 0 Å². The van der Waals surface area contributed by atoms with Crippen molar-refractivity contribution in [3.05, 3.63) is 35.9 Å². The minimum absolute atomic E-state index is 0.0362. The van der Waals surface area contributed by atoms with Crippen molar-refractivity contribution in [3.63, 3.8) is 0 Å². The molecule has 0 spiro atoms. The summed E-state index contributed by atoms with van der Waals surface area (Å²) in [6.07, 6.45) is 0. The Hall–Kier alpha value is -2.41. The minimum atomic E-state index is -1.93. The van der Waals surface area contributed by atoms with Crippen LogP contribution in [0.1, 0.15) is 24.2 Å². The number of methoxy groups -OCH3 is 1. The molecular weight excluding hydrogens is 302 g/mol. The number of carbonyl (C=O) groups is 3. The lowest BCUT2D eigenvalue weighted by molar-refractivity contribution is -0.165. The molecule has 0 aliphatic heterocycles. The van der Waals surface area contributed by atoms with Crippen molar-refractivity contribution >= 4 is 17.8 Å². The molecule has 0 fully saturated rings. The number of nitrogens with one attached hydrogen (secondary N) is 1. The Kier molecular flexibility index (Phi) is 7.21.